The number of likely N-dealkylation sites (N-methyl/N-ethyl adjacent to an activating group) is 1. The highest BCUT2D eigenvalue weighted by Crippen LogP contribution is 2.18. The maximum atomic E-state index is 12.2. The van der Waals surface area contributed by atoms with E-state index in [9.17, 15) is 4.79 Å². The lowest BCUT2D eigenvalue weighted by atomic mass is 10.4. The summed E-state index contributed by atoms with van der Waals surface area (Å²) in [4.78, 5) is 18.6. The molecule has 0 saturated heterocycles. The van der Waals surface area contributed by atoms with Crippen molar-refractivity contribution >= 4 is 33.0 Å². The van der Waals surface area contributed by atoms with Crippen LogP contribution in [0.1, 0.15) is 10.7 Å². The molecule has 1 N–H and O–H groups in total. The van der Waals surface area contributed by atoms with Gasteiger partial charge in [0.1, 0.15) is 9.48 Å². The van der Waals surface area contributed by atoms with Crippen molar-refractivity contribution in [3.8, 4) is 0 Å². The molecule has 2 aromatic rings. The molecule has 0 atom stereocenters. The minimum Gasteiger partial charge on any atom is -0.376 e. The Hall–Kier alpha value is -1.25. The summed E-state index contributed by atoms with van der Waals surface area (Å²) in [5.74, 6) is 0. The van der Waals surface area contributed by atoms with Gasteiger partial charge in [0.2, 0.25) is 0 Å². The van der Waals surface area contributed by atoms with Crippen LogP contribution in [0.5, 0.6) is 0 Å². The van der Waals surface area contributed by atoms with Gasteiger partial charge in [-0.25, -0.2) is 9.67 Å². The lowest BCUT2D eigenvalue weighted by Crippen LogP contribution is -2.29. The Labute approximate surface area is 135 Å². The molecule has 0 aliphatic heterocycles. The van der Waals surface area contributed by atoms with E-state index in [1.54, 1.807) is 17.5 Å². The van der Waals surface area contributed by atoms with Gasteiger partial charge in [-0.2, -0.15) is 5.10 Å². The van der Waals surface area contributed by atoms with Crippen LogP contribution >= 0.6 is 27.3 Å². The first-order chi connectivity index (χ1) is 9.97. The van der Waals surface area contributed by atoms with Crippen molar-refractivity contribution in [1.82, 2.24) is 19.7 Å². The number of nitrogens with zero attached hydrogens (tertiary/aromatic N) is 4. The third-order valence-corrected chi connectivity index (χ3v) is 4.57. The maximum absolute atomic E-state index is 12.2. The van der Waals surface area contributed by atoms with Gasteiger partial charge in [0.25, 0.3) is 5.56 Å². The summed E-state index contributed by atoms with van der Waals surface area (Å²) in [7, 11) is 3.93. The normalized spacial score (nSPS) is 11.1. The van der Waals surface area contributed by atoms with Crippen LogP contribution < -0.4 is 10.9 Å². The number of anilines is 1. The third-order valence-electron chi connectivity index (χ3n) is 2.84. The average Bonchev–Trinajstić information content (AvgIpc) is 2.85. The number of aromatic nitrogens is 3. The molecule has 0 aromatic carbocycles. The van der Waals surface area contributed by atoms with Crippen LogP contribution in [0.4, 0.5) is 5.69 Å². The second-order valence-electron chi connectivity index (χ2n) is 4.94. The minimum atomic E-state index is -0.128. The Morgan fingerprint density at radius 1 is 1.48 bits per heavy atom. The van der Waals surface area contributed by atoms with Gasteiger partial charge >= 0.3 is 0 Å². The van der Waals surface area contributed by atoms with Crippen molar-refractivity contribution in [3.05, 3.63) is 37.1 Å². The smallest absolute Gasteiger partial charge is 0.283 e. The number of thiazole rings is 1. The van der Waals surface area contributed by atoms with Crippen molar-refractivity contribution in [2.75, 3.05) is 26.0 Å². The van der Waals surface area contributed by atoms with Crippen molar-refractivity contribution in [2.45, 2.75) is 20.0 Å². The predicted octanol–water partition coefficient (Wildman–Crippen LogP) is 1.94. The Morgan fingerprint density at radius 2 is 2.24 bits per heavy atom. The van der Waals surface area contributed by atoms with Crippen LogP contribution in [0.3, 0.4) is 0 Å². The fourth-order valence-electron chi connectivity index (χ4n) is 1.70. The molecule has 0 amide bonds. The molecule has 2 aromatic heterocycles. The van der Waals surface area contributed by atoms with E-state index in [0.29, 0.717) is 23.2 Å². The standard InChI is InChI=1S/C13H18BrN5OS/c1-9-8-21-11(17-9)7-15-10-6-16-19(5-4-18(2)3)13(20)12(10)14/h6,8,15H,4-5,7H2,1-3H3. The summed E-state index contributed by atoms with van der Waals surface area (Å²) in [6.45, 7) is 3.88. The molecule has 0 unspecified atom stereocenters. The van der Waals surface area contributed by atoms with Crippen LogP contribution in [0.25, 0.3) is 0 Å². The number of halogens is 1. The second-order valence-corrected chi connectivity index (χ2v) is 6.68. The molecule has 0 aliphatic rings. The van der Waals surface area contributed by atoms with E-state index in [1.807, 2.05) is 31.3 Å². The van der Waals surface area contributed by atoms with Gasteiger partial charge in [-0.05, 0) is 36.9 Å². The number of aryl methyl sites for hydroxylation is 1. The van der Waals surface area contributed by atoms with E-state index < -0.39 is 0 Å². The van der Waals surface area contributed by atoms with Crippen LogP contribution in [-0.2, 0) is 13.1 Å². The first-order valence-corrected chi connectivity index (χ1v) is 8.20. The molecule has 2 rings (SSSR count). The van der Waals surface area contributed by atoms with Crippen LogP contribution in [0.15, 0.2) is 20.8 Å². The zero-order valence-electron chi connectivity index (χ0n) is 12.3. The Balaban J connectivity index is 2.07. The molecule has 2 heterocycles. The topological polar surface area (TPSA) is 63.1 Å². The number of hydrogen-bond donors (Lipinski definition) is 1. The van der Waals surface area contributed by atoms with Crippen molar-refractivity contribution in [3.63, 3.8) is 0 Å². The zero-order chi connectivity index (χ0) is 15.4. The maximum Gasteiger partial charge on any atom is 0.283 e. The average molecular weight is 372 g/mol. The van der Waals surface area contributed by atoms with E-state index in [4.69, 9.17) is 0 Å². The van der Waals surface area contributed by atoms with Crippen molar-refractivity contribution in [2.24, 2.45) is 0 Å². The molecule has 8 heteroatoms. The van der Waals surface area contributed by atoms with Crippen LogP contribution in [0.2, 0.25) is 0 Å². The highest BCUT2D eigenvalue weighted by molar-refractivity contribution is 9.10. The fraction of sp³-hybridized carbons (Fsp3) is 0.462. The number of nitrogens with one attached hydrogen (secondary N) is 1. The predicted molar refractivity (Wildman–Crippen MR) is 88.9 cm³/mol. The highest BCUT2D eigenvalue weighted by atomic mass is 79.9. The molecule has 0 aliphatic carbocycles. The summed E-state index contributed by atoms with van der Waals surface area (Å²) in [6, 6.07) is 0. The monoisotopic (exact) mass is 371 g/mol. The summed E-state index contributed by atoms with van der Waals surface area (Å²) in [5, 5.41) is 10.4. The highest BCUT2D eigenvalue weighted by Gasteiger charge is 2.09. The lowest BCUT2D eigenvalue weighted by molar-refractivity contribution is 0.367. The minimum absolute atomic E-state index is 0.128. The Kier molecular flexibility index (Phi) is 5.49. The molecule has 0 fully saturated rings. The zero-order valence-corrected chi connectivity index (χ0v) is 14.7. The summed E-state index contributed by atoms with van der Waals surface area (Å²) >= 11 is 4.95. The van der Waals surface area contributed by atoms with Gasteiger partial charge in [-0.3, -0.25) is 4.79 Å². The van der Waals surface area contributed by atoms with Gasteiger partial charge in [-0.15, -0.1) is 11.3 Å². The number of hydrogen-bond acceptors (Lipinski definition) is 6. The van der Waals surface area contributed by atoms with E-state index in [2.05, 4.69) is 31.3 Å². The van der Waals surface area contributed by atoms with Gasteiger partial charge in [-0.1, -0.05) is 0 Å². The summed E-state index contributed by atoms with van der Waals surface area (Å²) in [6.07, 6.45) is 1.67. The molecule has 0 bridgehead atoms. The SMILES string of the molecule is Cc1csc(CNc2cnn(CCN(C)C)c(=O)c2Br)n1. The molecular formula is C13H18BrN5OS. The second kappa shape index (κ2) is 7.15. The molecular weight excluding hydrogens is 354 g/mol. The van der Waals surface area contributed by atoms with Crippen LogP contribution in [-0.4, -0.2) is 40.3 Å². The van der Waals surface area contributed by atoms with Crippen LogP contribution in [0, 0.1) is 6.92 Å². The van der Waals surface area contributed by atoms with Crippen molar-refractivity contribution < 1.29 is 0 Å². The first-order valence-electron chi connectivity index (χ1n) is 6.52. The largest absolute Gasteiger partial charge is 0.376 e. The first kappa shape index (κ1) is 16.1. The Morgan fingerprint density at radius 3 is 2.86 bits per heavy atom. The fourth-order valence-corrected chi connectivity index (χ4v) is 2.86. The van der Waals surface area contributed by atoms with E-state index in [0.717, 1.165) is 17.2 Å². The van der Waals surface area contributed by atoms with Gasteiger partial charge in [0, 0.05) is 17.6 Å². The number of rotatable bonds is 6. The third kappa shape index (κ3) is 4.36. The van der Waals surface area contributed by atoms with Gasteiger partial charge < -0.3 is 10.2 Å². The lowest BCUT2D eigenvalue weighted by Gasteiger charge is -2.12. The summed E-state index contributed by atoms with van der Waals surface area (Å²) < 4.78 is 1.97. The molecule has 21 heavy (non-hydrogen) atoms. The summed E-state index contributed by atoms with van der Waals surface area (Å²) in [5.41, 5.74) is 1.57. The quantitative estimate of drug-likeness (QED) is 0.840. The molecule has 6 nitrogen and oxygen atoms in total. The molecule has 0 radical (unpaired) electrons. The van der Waals surface area contributed by atoms with E-state index in [1.165, 1.54) is 4.68 Å². The van der Waals surface area contributed by atoms with Crippen molar-refractivity contribution in [1.29, 1.82) is 0 Å². The Bertz CT molecular complexity index is 667. The molecule has 0 spiro atoms. The van der Waals surface area contributed by atoms with Gasteiger partial charge in [0.05, 0.1) is 25.0 Å². The van der Waals surface area contributed by atoms with E-state index >= 15 is 0 Å². The van der Waals surface area contributed by atoms with Gasteiger partial charge in [0.15, 0.2) is 0 Å². The molecule has 0 saturated carbocycles. The molecule has 114 valence electrons. The van der Waals surface area contributed by atoms with E-state index in [-0.39, 0.29) is 5.56 Å².